The first kappa shape index (κ1) is 22.3. The number of carbonyl (C=O) groups is 3. The summed E-state index contributed by atoms with van der Waals surface area (Å²) >= 11 is 0. The molecule has 1 unspecified atom stereocenters. The maximum absolute atomic E-state index is 13.3. The molecule has 1 aliphatic rings. The van der Waals surface area contributed by atoms with E-state index >= 15 is 0 Å². The molecule has 7 heteroatoms. The summed E-state index contributed by atoms with van der Waals surface area (Å²) < 4.78 is 5.42. The van der Waals surface area contributed by atoms with Crippen molar-refractivity contribution in [2.45, 2.75) is 52.2 Å². The van der Waals surface area contributed by atoms with Gasteiger partial charge in [-0.15, -0.1) is 0 Å². The molecule has 164 valence electrons. The van der Waals surface area contributed by atoms with Gasteiger partial charge in [0.15, 0.2) is 0 Å². The maximum Gasteiger partial charge on any atom is 0.326 e. The van der Waals surface area contributed by atoms with Crippen LogP contribution in [-0.2, 0) is 20.7 Å². The average Bonchev–Trinajstić information content (AvgIpc) is 2.81. The fourth-order valence-corrected chi connectivity index (χ4v) is 3.48. The van der Waals surface area contributed by atoms with Crippen LogP contribution in [0.2, 0.25) is 0 Å². The Bertz CT molecular complexity index is 964. The second-order valence-corrected chi connectivity index (χ2v) is 8.70. The van der Waals surface area contributed by atoms with Gasteiger partial charge in [0.05, 0.1) is 0 Å². The number of para-hydroxylation sites is 1. The predicted octanol–water partition coefficient (Wildman–Crippen LogP) is 3.81. The number of hydrogen-bond acceptors (Lipinski definition) is 4. The Balaban J connectivity index is 1.76. The molecule has 7 nitrogen and oxygen atoms in total. The molecular weight excluding hydrogens is 394 g/mol. The summed E-state index contributed by atoms with van der Waals surface area (Å²) in [6.07, 6.45) is 1.03. The number of nitrogens with one attached hydrogen (secondary N) is 2. The van der Waals surface area contributed by atoms with Gasteiger partial charge in [0.25, 0.3) is 0 Å². The molecule has 2 aromatic carbocycles. The van der Waals surface area contributed by atoms with E-state index < -0.39 is 23.6 Å². The third-order valence-electron chi connectivity index (χ3n) is 4.87. The highest BCUT2D eigenvalue weighted by atomic mass is 16.6. The molecule has 0 saturated heterocycles. The Kier molecular flexibility index (Phi) is 6.63. The van der Waals surface area contributed by atoms with Gasteiger partial charge >= 0.3 is 12.0 Å². The monoisotopic (exact) mass is 423 g/mol. The number of urea groups is 1. The molecule has 0 bridgehead atoms. The minimum atomic E-state index is -0.764. The van der Waals surface area contributed by atoms with Crippen LogP contribution in [-0.4, -0.2) is 36.1 Å². The predicted molar refractivity (Wildman–Crippen MR) is 120 cm³/mol. The molecule has 2 N–H and O–H groups in total. The summed E-state index contributed by atoms with van der Waals surface area (Å²) in [5.74, 6) is -0.838. The second-order valence-electron chi connectivity index (χ2n) is 8.70. The van der Waals surface area contributed by atoms with Gasteiger partial charge in [0.2, 0.25) is 5.91 Å². The number of amides is 3. The van der Waals surface area contributed by atoms with Crippen LogP contribution in [0.4, 0.5) is 16.2 Å². The third kappa shape index (κ3) is 6.07. The molecule has 0 aromatic heterocycles. The Hall–Kier alpha value is -3.35. The summed E-state index contributed by atoms with van der Waals surface area (Å²) in [6.45, 7) is 7.09. The summed E-state index contributed by atoms with van der Waals surface area (Å²) in [5.41, 5.74) is 2.68. The van der Waals surface area contributed by atoms with Crippen LogP contribution in [0.3, 0.4) is 0 Å². The van der Waals surface area contributed by atoms with Gasteiger partial charge in [-0.1, -0.05) is 35.9 Å². The Morgan fingerprint density at radius 2 is 1.77 bits per heavy atom. The van der Waals surface area contributed by atoms with Crippen molar-refractivity contribution < 1.29 is 19.1 Å². The van der Waals surface area contributed by atoms with Crippen molar-refractivity contribution in [2.24, 2.45) is 0 Å². The molecule has 31 heavy (non-hydrogen) atoms. The molecule has 3 rings (SSSR count). The van der Waals surface area contributed by atoms with E-state index in [4.69, 9.17) is 4.74 Å². The summed E-state index contributed by atoms with van der Waals surface area (Å²) in [5, 5.41) is 5.52. The van der Waals surface area contributed by atoms with Crippen LogP contribution in [0.5, 0.6) is 0 Å². The van der Waals surface area contributed by atoms with Crippen molar-refractivity contribution in [3.63, 3.8) is 0 Å². The lowest BCUT2D eigenvalue weighted by molar-refractivity contribution is -0.153. The minimum absolute atomic E-state index is 0.217. The lowest BCUT2D eigenvalue weighted by Gasteiger charge is -2.27. The minimum Gasteiger partial charge on any atom is -0.459 e. The van der Waals surface area contributed by atoms with Gasteiger partial charge in [0, 0.05) is 11.4 Å². The number of aryl methyl sites for hydroxylation is 2. The van der Waals surface area contributed by atoms with Gasteiger partial charge in [-0.25, -0.2) is 4.79 Å². The Labute approximate surface area is 182 Å². The molecule has 0 aliphatic carbocycles. The van der Waals surface area contributed by atoms with Crippen molar-refractivity contribution in [1.82, 2.24) is 5.32 Å². The zero-order chi connectivity index (χ0) is 22.6. The fourth-order valence-electron chi connectivity index (χ4n) is 3.48. The second kappa shape index (κ2) is 9.20. The molecule has 0 fully saturated rings. The molecule has 1 heterocycles. The Morgan fingerprint density at radius 3 is 2.45 bits per heavy atom. The van der Waals surface area contributed by atoms with Gasteiger partial charge < -0.3 is 15.4 Å². The van der Waals surface area contributed by atoms with Crippen molar-refractivity contribution in [2.75, 3.05) is 16.8 Å². The first-order valence-corrected chi connectivity index (χ1v) is 10.4. The highest BCUT2D eigenvalue weighted by Gasteiger charge is 2.33. The summed E-state index contributed by atoms with van der Waals surface area (Å²) in [4.78, 5) is 39.7. The van der Waals surface area contributed by atoms with Gasteiger partial charge in [-0.2, -0.15) is 0 Å². The van der Waals surface area contributed by atoms with Gasteiger partial charge in [0.1, 0.15) is 18.2 Å². The van der Waals surface area contributed by atoms with E-state index in [1.54, 1.807) is 32.9 Å². The highest BCUT2D eigenvalue weighted by molar-refractivity contribution is 6.04. The quantitative estimate of drug-likeness (QED) is 0.732. The standard InChI is InChI=1S/C24H29N3O4/c1-16-9-12-18(13-10-16)25-23(30)26-19-14-11-17-7-5-6-8-20(17)27(22(19)29)15-21(28)31-24(2,3)4/h5-10,12-13,19H,11,14-15H2,1-4H3,(H2,25,26,30). The molecule has 0 spiro atoms. The molecule has 0 saturated carbocycles. The lowest BCUT2D eigenvalue weighted by atomic mass is 10.1. The van der Waals surface area contributed by atoms with Crippen molar-refractivity contribution in [3.05, 3.63) is 59.7 Å². The Morgan fingerprint density at radius 1 is 1.10 bits per heavy atom. The summed E-state index contributed by atoms with van der Waals surface area (Å²) in [6, 6.07) is 13.6. The zero-order valence-electron chi connectivity index (χ0n) is 18.4. The number of ether oxygens (including phenoxy) is 1. The highest BCUT2D eigenvalue weighted by Crippen LogP contribution is 2.27. The maximum atomic E-state index is 13.3. The molecule has 3 amide bonds. The third-order valence-corrected chi connectivity index (χ3v) is 4.87. The average molecular weight is 424 g/mol. The van der Waals surface area contributed by atoms with Crippen LogP contribution in [0.15, 0.2) is 48.5 Å². The topological polar surface area (TPSA) is 87.7 Å². The van der Waals surface area contributed by atoms with E-state index in [-0.39, 0.29) is 12.5 Å². The molecule has 1 atom stereocenters. The number of benzene rings is 2. The van der Waals surface area contributed by atoms with E-state index in [2.05, 4.69) is 10.6 Å². The van der Waals surface area contributed by atoms with Crippen LogP contribution >= 0.6 is 0 Å². The SMILES string of the molecule is Cc1ccc(NC(=O)NC2CCc3ccccc3N(CC(=O)OC(C)(C)C)C2=O)cc1. The number of fused-ring (bicyclic) bond motifs is 1. The fraction of sp³-hybridized carbons (Fsp3) is 0.375. The molecule has 0 radical (unpaired) electrons. The molecule has 2 aromatic rings. The largest absolute Gasteiger partial charge is 0.459 e. The van der Waals surface area contributed by atoms with Crippen LogP contribution in [0.25, 0.3) is 0 Å². The molecule has 1 aliphatic heterocycles. The van der Waals surface area contributed by atoms with E-state index in [1.807, 2.05) is 43.3 Å². The number of anilines is 2. The zero-order valence-corrected chi connectivity index (χ0v) is 18.4. The van der Waals surface area contributed by atoms with Crippen LogP contribution in [0.1, 0.15) is 38.3 Å². The van der Waals surface area contributed by atoms with Crippen molar-refractivity contribution in [3.8, 4) is 0 Å². The van der Waals surface area contributed by atoms with Gasteiger partial charge in [-0.3, -0.25) is 14.5 Å². The van der Waals surface area contributed by atoms with E-state index in [0.717, 1.165) is 11.1 Å². The van der Waals surface area contributed by atoms with Crippen molar-refractivity contribution >= 4 is 29.3 Å². The smallest absolute Gasteiger partial charge is 0.326 e. The number of carbonyl (C=O) groups excluding carboxylic acids is 3. The molecular formula is C24H29N3O4. The lowest BCUT2D eigenvalue weighted by Crippen LogP contribution is -2.50. The number of hydrogen-bond donors (Lipinski definition) is 2. The number of nitrogens with zero attached hydrogens (tertiary/aromatic N) is 1. The first-order chi connectivity index (χ1) is 14.6. The normalized spacial score (nSPS) is 16.2. The van der Waals surface area contributed by atoms with E-state index in [0.29, 0.717) is 24.2 Å². The van der Waals surface area contributed by atoms with E-state index in [9.17, 15) is 14.4 Å². The number of esters is 1. The first-order valence-electron chi connectivity index (χ1n) is 10.4. The van der Waals surface area contributed by atoms with E-state index in [1.165, 1.54) is 4.90 Å². The van der Waals surface area contributed by atoms with Crippen LogP contribution in [0, 0.1) is 6.92 Å². The van der Waals surface area contributed by atoms with Gasteiger partial charge in [-0.05, 0) is 64.3 Å². The summed E-state index contributed by atoms with van der Waals surface area (Å²) in [7, 11) is 0. The van der Waals surface area contributed by atoms with Crippen molar-refractivity contribution in [1.29, 1.82) is 0 Å². The number of rotatable bonds is 4. The van der Waals surface area contributed by atoms with Crippen LogP contribution < -0.4 is 15.5 Å².